The van der Waals surface area contributed by atoms with E-state index in [2.05, 4.69) is 5.10 Å². The Labute approximate surface area is 102 Å². The van der Waals surface area contributed by atoms with Crippen LogP contribution in [0.2, 0.25) is 0 Å². The molecule has 0 saturated heterocycles. The number of allylic oxidation sites excluding steroid dienone is 3. The van der Waals surface area contributed by atoms with Crippen molar-refractivity contribution < 1.29 is 8.42 Å². The van der Waals surface area contributed by atoms with Crippen LogP contribution >= 0.6 is 0 Å². The van der Waals surface area contributed by atoms with Gasteiger partial charge in [0.2, 0.25) is 0 Å². The molecule has 5 heteroatoms. The predicted molar refractivity (Wildman–Crippen MR) is 67.3 cm³/mol. The fourth-order valence-corrected chi connectivity index (χ4v) is 3.57. The third-order valence-corrected chi connectivity index (χ3v) is 5.31. The van der Waals surface area contributed by atoms with Crippen LogP contribution < -0.4 is 0 Å². The van der Waals surface area contributed by atoms with Gasteiger partial charge < -0.3 is 0 Å². The molecule has 0 aromatic carbocycles. The molecule has 1 heterocycles. The Morgan fingerprint density at radius 1 is 1.35 bits per heavy atom. The summed E-state index contributed by atoms with van der Waals surface area (Å²) in [6.45, 7) is 5.26. The van der Waals surface area contributed by atoms with Crippen molar-refractivity contribution in [3.63, 3.8) is 0 Å². The molecule has 0 amide bonds. The first kappa shape index (κ1) is 12.1. The molecule has 1 atom stereocenters. The summed E-state index contributed by atoms with van der Waals surface area (Å²) in [6, 6.07) is 1.77. The monoisotopic (exact) mass is 252 g/mol. The number of aryl methyl sites for hydroxylation is 2. The van der Waals surface area contributed by atoms with Crippen LogP contribution in [0.1, 0.15) is 24.7 Å². The molecular weight excluding hydrogens is 236 g/mol. The summed E-state index contributed by atoms with van der Waals surface area (Å²) in [7, 11) is -3.50. The second kappa shape index (κ2) is 3.84. The second-order valence-corrected chi connectivity index (χ2v) is 6.81. The minimum Gasteiger partial charge on any atom is -0.204 e. The molecular formula is C12H16N2O2S. The molecule has 1 aromatic rings. The van der Waals surface area contributed by atoms with E-state index in [0.717, 1.165) is 4.09 Å². The normalized spacial score (nSPS) is 24.2. The Bertz CT molecular complexity index is 596. The van der Waals surface area contributed by atoms with Gasteiger partial charge in [-0.15, -0.1) is 0 Å². The summed E-state index contributed by atoms with van der Waals surface area (Å²) in [5, 5.41) is 4.07. The van der Waals surface area contributed by atoms with Crippen LogP contribution in [0.3, 0.4) is 0 Å². The molecule has 0 aliphatic heterocycles. The van der Waals surface area contributed by atoms with Crippen molar-refractivity contribution in [2.75, 3.05) is 0 Å². The SMILES string of the molecule is Cc1cc(C)n(S(=O)(=O)C2(C)C=CC=CC2)n1. The van der Waals surface area contributed by atoms with Crippen molar-refractivity contribution in [1.82, 2.24) is 9.19 Å². The number of hydrogen-bond acceptors (Lipinski definition) is 3. The molecule has 92 valence electrons. The summed E-state index contributed by atoms with van der Waals surface area (Å²) >= 11 is 0. The molecule has 1 aliphatic rings. The van der Waals surface area contributed by atoms with Gasteiger partial charge in [0.05, 0.1) is 11.4 Å². The highest BCUT2D eigenvalue weighted by Crippen LogP contribution is 2.29. The average molecular weight is 252 g/mol. The van der Waals surface area contributed by atoms with Gasteiger partial charge >= 0.3 is 0 Å². The zero-order valence-electron chi connectivity index (χ0n) is 10.2. The lowest BCUT2D eigenvalue weighted by Gasteiger charge is -2.26. The van der Waals surface area contributed by atoms with Crippen LogP contribution in [0.15, 0.2) is 30.4 Å². The van der Waals surface area contributed by atoms with Gasteiger partial charge in [-0.1, -0.05) is 24.3 Å². The van der Waals surface area contributed by atoms with Gasteiger partial charge in [-0.2, -0.15) is 9.19 Å². The van der Waals surface area contributed by atoms with Crippen molar-refractivity contribution in [3.05, 3.63) is 41.8 Å². The van der Waals surface area contributed by atoms with Gasteiger partial charge in [-0.25, -0.2) is 8.42 Å². The highest BCUT2D eigenvalue weighted by Gasteiger charge is 2.39. The minimum atomic E-state index is -3.50. The van der Waals surface area contributed by atoms with Crippen LogP contribution in [-0.2, 0) is 10.0 Å². The van der Waals surface area contributed by atoms with Crippen LogP contribution in [0.4, 0.5) is 0 Å². The predicted octanol–water partition coefficient (Wildman–Crippen LogP) is 1.95. The first-order valence-electron chi connectivity index (χ1n) is 5.50. The smallest absolute Gasteiger partial charge is 0.204 e. The molecule has 0 fully saturated rings. The minimum absolute atomic E-state index is 0.476. The van der Waals surface area contributed by atoms with E-state index in [9.17, 15) is 8.42 Å². The van der Waals surface area contributed by atoms with Crippen LogP contribution in [0, 0.1) is 13.8 Å². The molecule has 0 saturated carbocycles. The van der Waals surface area contributed by atoms with E-state index in [1.165, 1.54) is 0 Å². The number of hydrogen-bond donors (Lipinski definition) is 0. The Balaban J connectivity index is 2.54. The Kier molecular flexibility index (Phi) is 2.73. The van der Waals surface area contributed by atoms with E-state index in [-0.39, 0.29) is 0 Å². The average Bonchev–Trinajstić information content (AvgIpc) is 2.59. The summed E-state index contributed by atoms with van der Waals surface area (Å²) in [4.78, 5) is 0. The summed E-state index contributed by atoms with van der Waals surface area (Å²) in [5.74, 6) is 0. The quantitative estimate of drug-likeness (QED) is 0.808. The zero-order chi connectivity index (χ0) is 12.7. The lowest BCUT2D eigenvalue weighted by atomic mass is 10.0. The largest absolute Gasteiger partial charge is 0.263 e. The van der Waals surface area contributed by atoms with Crippen molar-refractivity contribution in [1.29, 1.82) is 0 Å². The van der Waals surface area contributed by atoms with Crippen molar-refractivity contribution in [2.24, 2.45) is 0 Å². The molecule has 1 aliphatic carbocycles. The van der Waals surface area contributed by atoms with E-state index in [1.807, 2.05) is 12.2 Å². The standard InChI is InChI=1S/C12H16N2O2S/c1-10-9-11(2)14(13-10)17(15,16)12(3)7-5-4-6-8-12/h4-7,9H,8H2,1-3H3. The maximum Gasteiger partial charge on any atom is 0.263 e. The van der Waals surface area contributed by atoms with Gasteiger partial charge in [0, 0.05) is 0 Å². The highest BCUT2D eigenvalue weighted by atomic mass is 32.2. The van der Waals surface area contributed by atoms with Gasteiger partial charge in [0.1, 0.15) is 4.75 Å². The zero-order valence-corrected chi connectivity index (χ0v) is 11.0. The Hall–Kier alpha value is -1.36. The van der Waals surface area contributed by atoms with Gasteiger partial charge in [0.25, 0.3) is 10.0 Å². The Morgan fingerprint density at radius 3 is 2.53 bits per heavy atom. The fraction of sp³-hybridized carbons (Fsp3) is 0.417. The molecule has 2 rings (SSSR count). The van der Waals surface area contributed by atoms with E-state index in [1.54, 1.807) is 39.0 Å². The lowest BCUT2D eigenvalue weighted by molar-refractivity contribution is 0.543. The van der Waals surface area contributed by atoms with Crippen molar-refractivity contribution >= 4 is 10.0 Å². The molecule has 1 aromatic heterocycles. The lowest BCUT2D eigenvalue weighted by Crippen LogP contribution is -2.39. The van der Waals surface area contributed by atoms with Crippen LogP contribution in [0.25, 0.3) is 0 Å². The molecule has 0 spiro atoms. The molecule has 0 radical (unpaired) electrons. The number of aromatic nitrogens is 2. The van der Waals surface area contributed by atoms with E-state index >= 15 is 0 Å². The maximum atomic E-state index is 12.6. The number of rotatable bonds is 2. The summed E-state index contributed by atoms with van der Waals surface area (Å²) in [6.07, 6.45) is 7.69. The van der Waals surface area contributed by atoms with E-state index < -0.39 is 14.8 Å². The van der Waals surface area contributed by atoms with Gasteiger partial charge in [0.15, 0.2) is 0 Å². The topological polar surface area (TPSA) is 52.0 Å². The third-order valence-electron chi connectivity index (χ3n) is 3.00. The van der Waals surface area contributed by atoms with E-state index in [4.69, 9.17) is 0 Å². The van der Waals surface area contributed by atoms with Crippen molar-refractivity contribution in [3.8, 4) is 0 Å². The molecule has 1 unspecified atom stereocenters. The highest BCUT2D eigenvalue weighted by molar-refractivity contribution is 7.91. The molecule has 4 nitrogen and oxygen atoms in total. The van der Waals surface area contributed by atoms with Crippen LogP contribution in [0.5, 0.6) is 0 Å². The third kappa shape index (κ3) is 1.84. The summed E-state index contributed by atoms with van der Waals surface area (Å²) < 4.78 is 25.3. The van der Waals surface area contributed by atoms with Gasteiger partial charge in [-0.3, -0.25) is 0 Å². The second-order valence-electron chi connectivity index (χ2n) is 4.58. The molecule has 0 N–H and O–H groups in total. The fourth-order valence-electron chi connectivity index (χ4n) is 1.95. The summed E-state index contributed by atoms with van der Waals surface area (Å²) in [5.41, 5.74) is 1.36. The molecule has 17 heavy (non-hydrogen) atoms. The Morgan fingerprint density at radius 2 is 2.06 bits per heavy atom. The maximum absolute atomic E-state index is 12.6. The first-order chi connectivity index (χ1) is 7.87. The number of nitrogens with zero attached hydrogens (tertiary/aromatic N) is 2. The van der Waals surface area contributed by atoms with E-state index in [0.29, 0.717) is 17.8 Å². The van der Waals surface area contributed by atoms with Gasteiger partial charge in [-0.05, 0) is 33.3 Å². The first-order valence-corrected chi connectivity index (χ1v) is 6.94. The van der Waals surface area contributed by atoms with Crippen LogP contribution in [-0.4, -0.2) is 22.4 Å². The van der Waals surface area contributed by atoms with Crippen molar-refractivity contribution in [2.45, 2.75) is 31.9 Å². The molecule has 0 bridgehead atoms.